The van der Waals surface area contributed by atoms with Gasteiger partial charge < -0.3 is 10.2 Å². The summed E-state index contributed by atoms with van der Waals surface area (Å²) >= 11 is 9.20. The fourth-order valence-electron chi connectivity index (χ4n) is 1.70. The van der Waals surface area contributed by atoms with E-state index < -0.39 is 12.1 Å². The van der Waals surface area contributed by atoms with Crippen LogP contribution < -0.4 is 0 Å². The third-order valence-corrected chi connectivity index (χ3v) is 3.38. The zero-order valence-corrected chi connectivity index (χ0v) is 11.5. The van der Waals surface area contributed by atoms with Gasteiger partial charge in [-0.2, -0.15) is 0 Å². The van der Waals surface area contributed by atoms with Crippen LogP contribution in [0.25, 0.3) is 0 Å². The summed E-state index contributed by atoms with van der Waals surface area (Å²) in [7, 11) is 0. The first-order chi connectivity index (χ1) is 8.11. The highest BCUT2D eigenvalue weighted by Gasteiger charge is 2.20. The van der Waals surface area contributed by atoms with Gasteiger partial charge >= 0.3 is 5.97 Å². The Hall–Kier alpha value is -0.580. The number of benzene rings is 1. The lowest BCUT2D eigenvalue weighted by Gasteiger charge is -2.14. The van der Waals surface area contributed by atoms with Crippen molar-refractivity contribution in [3.8, 4) is 0 Å². The summed E-state index contributed by atoms with van der Waals surface area (Å²) < 4.78 is 0. The van der Waals surface area contributed by atoms with Gasteiger partial charge in [0, 0.05) is 11.2 Å². The highest BCUT2D eigenvalue weighted by Crippen LogP contribution is 2.24. The Morgan fingerprint density at radius 3 is 2.71 bits per heavy atom. The minimum atomic E-state index is -1.51. The Kier molecular flexibility index (Phi) is 5.95. The summed E-state index contributed by atoms with van der Waals surface area (Å²) in [4.78, 5) is 10.8. The molecule has 1 atom stereocenters. The van der Waals surface area contributed by atoms with Crippen LogP contribution in [0.3, 0.4) is 0 Å². The Bertz CT molecular complexity index is 395. The first-order valence-electron chi connectivity index (χ1n) is 5.25. The monoisotopic (exact) mass is 320 g/mol. The first-order valence-corrected chi connectivity index (χ1v) is 6.90. The lowest BCUT2D eigenvalue weighted by Crippen LogP contribution is -2.13. The number of aliphatic carboxylic acids is 1. The van der Waals surface area contributed by atoms with E-state index in [4.69, 9.17) is 16.7 Å². The summed E-state index contributed by atoms with van der Waals surface area (Å²) in [6.07, 6.45) is 0.247. The van der Waals surface area contributed by atoms with Gasteiger partial charge in [0.05, 0.1) is 0 Å². The molecule has 0 spiro atoms. The van der Waals surface area contributed by atoms with Crippen molar-refractivity contribution in [2.45, 2.75) is 24.8 Å². The molecule has 0 aliphatic heterocycles. The smallest absolute Gasteiger partial charge is 0.337 e. The molecule has 0 aliphatic rings. The van der Waals surface area contributed by atoms with E-state index in [0.717, 1.165) is 29.3 Å². The lowest BCUT2D eigenvalue weighted by atomic mass is 9.96. The van der Waals surface area contributed by atoms with E-state index in [-0.39, 0.29) is 5.88 Å². The average Bonchev–Trinajstić information content (AvgIpc) is 2.34. The number of aliphatic hydroxyl groups excluding tert-OH is 1. The molecule has 0 amide bonds. The molecule has 1 unspecified atom stereocenters. The third-order valence-electron chi connectivity index (χ3n) is 2.55. The van der Waals surface area contributed by atoms with Gasteiger partial charge in [0.1, 0.15) is 0 Å². The Morgan fingerprint density at radius 1 is 1.47 bits per heavy atom. The van der Waals surface area contributed by atoms with Gasteiger partial charge in [0.15, 0.2) is 6.10 Å². The molecule has 1 aromatic carbocycles. The topological polar surface area (TPSA) is 57.5 Å². The van der Waals surface area contributed by atoms with E-state index in [1.807, 2.05) is 6.07 Å². The number of alkyl halides is 2. The molecule has 5 heteroatoms. The van der Waals surface area contributed by atoms with Gasteiger partial charge in [-0.25, -0.2) is 4.79 Å². The van der Waals surface area contributed by atoms with Crippen molar-refractivity contribution >= 4 is 33.5 Å². The average molecular weight is 322 g/mol. The number of hydrogen-bond acceptors (Lipinski definition) is 2. The molecule has 0 radical (unpaired) electrons. The number of hydrogen-bond donors (Lipinski definition) is 2. The maximum absolute atomic E-state index is 10.8. The first kappa shape index (κ1) is 14.5. The normalized spacial score (nSPS) is 12.4. The van der Waals surface area contributed by atoms with Crippen LogP contribution in [-0.4, -0.2) is 21.5 Å². The molecular formula is C12H14BrClO3. The van der Waals surface area contributed by atoms with Gasteiger partial charge in [0.2, 0.25) is 0 Å². The van der Waals surface area contributed by atoms with Crippen LogP contribution in [-0.2, 0) is 17.1 Å². The van der Waals surface area contributed by atoms with Crippen molar-refractivity contribution in [1.82, 2.24) is 0 Å². The zero-order chi connectivity index (χ0) is 12.8. The third kappa shape index (κ3) is 3.69. The lowest BCUT2D eigenvalue weighted by molar-refractivity contribution is -0.147. The number of halogens is 2. The minimum Gasteiger partial charge on any atom is -0.479 e. The van der Waals surface area contributed by atoms with Crippen molar-refractivity contribution in [2.75, 3.05) is 5.33 Å². The molecule has 1 rings (SSSR count). The van der Waals surface area contributed by atoms with E-state index in [9.17, 15) is 9.90 Å². The van der Waals surface area contributed by atoms with Gasteiger partial charge in [0.25, 0.3) is 0 Å². The number of aryl methyl sites for hydroxylation is 1. The molecule has 0 heterocycles. The van der Waals surface area contributed by atoms with Crippen LogP contribution in [0.2, 0.25) is 0 Å². The molecule has 17 heavy (non-hydrogen) atoms. The molecule has 0 saturated heterocycles. The molecule has 0 aliphatic carbocycles. The number of rotatable bonds is 6. The van der Waals surface area contributed by atoms with Crippen LogP contribution in [0.5, 0.6) is 0 Å². The Balaban J connectivity index is 3.09. The predicted octanol–water partition coefficient (Wildman–Crippen LogP) is 2.87. The van der Waals surface area contributed by atoms with Crippen molar-refractivity contribution in [2.24, 2.45) is 0 Å². The van der Waals surface area contributed by atoms with Crippen molar-refractivity contribution in [1.29, 1.82) is 0 Å². The molecule has 2 N–H and O–H groups in total. The Morgan fingerprint density at radius 2 is 2.18 bits per heavy atom. The van der Waals surface area contributed by atoms with E-state index in [1.54, 1.807) is 12.1 Å². The van der Waals surface area contributed by atoms with Crippen LogP contribution >= 0.6 is 27.5 Å². The number of carbonyl (C=O) groups is 1. The predicted molar refractivity (Wildman–Crippen MR) is 70.7 cm³/mol. The molecule has 0 fully saturated rings. The second-order valence-corrected chi connectivity index (χ2v) is 4.71. The minimum absolute atomic E-state index is 0.206. The number of carboxylic acid groups (broad SMARTS) is 1. The van der Waals surface area contributed by atoms with Gasteiger partial charge in [-0.1, -0.05) is 34.1 Å². The van der Waals surface area contributed by atoms with Crippen LogP contribution in [0.1, 0.15) is 29.2 Å². The summed E-state index contributed by atoms with van der Waals surface area (Å²) in [5, 5.41) is 19.3. The fourth-order valence-corrected chi connectivity index (χ4v) is 2.30. The van der Waals surface area contributed by atoms with E-state index in [0.29, 0.717) is 5.56 Å². The summed E-state index contributed by atoms with van der Waals surface area (Å²) in [5.41, 5.74) is 2.11. The SMILES string of the molecule is O=C(O)C(O)c1cccc(CCCBr)c1CCl. The molecule has 1 aromatic rings. The highest BCUT2D eigenvalue weighted by atomic mass is 79.9. The summed E-state index contributed by atoms with van der Waals surface area (Å²) in [5.74, 6) is -1.05. The number of aliphatic hydroxyl groups is 1. The van der Waals surface area contributed by atoms with Crippen molar-refractivity contribution < 1.29 is 15.0 Å². The van der Waals surface area contributed by atoms with Crippen LogP contribution in [0.15, 0.2) is 18.2 Å². The maximum atomic E-state index is 10.8. The molecule has 0 saturated carbocycles. The van der Waals surface area contributed by atoms with E-state index in [2.05, 4.69) is 15.9 Å². The summed E-state index contributed by atoms with van der Waals surface area (Å²) in [6.45, 7) is 0. The van der Waals surface area contributed by atoms with Crippen molar-refractivity contribution in [3.05, 3.63) is 34.9 Å². The molecule has 94 valence electrons. The highest BCUT2D eigenvalue weighted by molar-refractivity contribution is 9.09. The van der Waals surface area contributed by atoms with Gasteiger partial charge in [-0.3, -0.25) is 0 Å². The zero-order valence-electron chi connectivity index (χ0n) is 9.20. The van der Waals surface area contributed by atoms with Gasteiger partial charge in [-0.05, 0) is 29.5 Å². The second-order valence-electron chi connectivity index (χ2n) is 3.65. The summed E-state index contributed by atoms with van der Waals surface area (Å²) in [6, 6.07) is 5.27. The molecule has 0 bridgehead atoms. The van der Waals surface area contributed by atoms with Crippen LogP contribution in [0.4, 0.5) is 0 Å². The van der Waals surface area contributed by atoms with Crippen LogP contribution in [0, 0.1) is 0 Å². The molecule has 0 aromatic heterocycles. The maximum Gasteiger partial charge on any atom is 0.337 e. The van der Waals surface area contributed by atoms with E-state index in [1.165, 1.54) is 0 Å². The fraction of sp³-hybridized carbons (Fsp3) is 0.417. The van der Waals surface area contributed by atoms with Crippen molar-refractivity contribution in [3.63, 3.8) is 0 Å². The standard InChI is InChI=1S/C12H14BrClO3/c13-6-2-4-8-3-1-5-9(10(8)7-14)11(15)12(16)17/h1,3,5,11,15H,2,4,6-7H2,(H,16,17). The Labute approximate surface area is 114 Å². The van der Waals surface area contributed by atoms with E-state index >= 15 is 0 Å². The number of carboxylic acids is 1. The largest absolute Gasteiger partial charge is 0.479 e. The van der Waals surface area contributed by atoms with Gasteiger partial charge in [-0.15, -0.1) is 11.6 Å². The molecular weight excluding hydrogens is 307 g/mol. The quantitative estimate of drug-likeness (QED) is 0.792. The molecule has 3 nitrogen and oxygen atoms in total. The second kappa shape index (κ2) is 6.99.